The van der Waals surface area contributed by atoms with Gasteiger partial charge in [-0.2, -0.15) is 0 Å². The predicted octanol–water partition coefficient (Wildman–Crippen LogP) is 2.49. The van der Waals surface area contributed by atoms with Crippen molar-refractivity contribution in [3.8, 4) is 5.75 Å². The molecule has 1 aromatic heterocycles. The van der Waals surface area contributed by atoms with Gasteiger partial charge in [-0.3, -0.25) is 14.9 Å². The van der Waals surface area contributed by atoms with Gasteiger partial charge in [0.2, 0.25) is 11.9 Å². The van der Waals surface area contributed by atoms with Crippen LogP contribution in [0.5, 0.6) is 5.75 Å². The molecule has 2 aromatic carbocycles. The first-order chi connectivity index (χ1) is 13.0. The summed E-state index contributed by atoms with van der Waals surface area (Å²) >= 11 is 0. The lowest BCUT2D eigenvalue weighted by atomic mass is 10.1. The van der Waals surface area contributed by atoms with Crippen molar-refractivity contribution in [1.29, 1.82) is 0 Å². The summed E-state index contributed by atoms with van der Waals surface area (Å²) in [5.41, 5.74) is 2.14. The number of nitrogens with zero attached hydrogens (tertiary/aromatic N) is 3. The first-order valence-corrected chi connectivity index (χ1v) is 8.25. The third kappa shape index (κ3) is 4.69. The number of para-hydroxylation sites is 2. The van der Waals surface area contributed by atoms with Crippen molar-refractivity contribution in [2.24, 2.45) is 0 Å². The van der Waals surface area contributed by atoms with Crippen molar-refractivity contribution in [1.82, 2.24) is 14.8 Å². The lowest BCUT2D eigenvalue weighted by Crippen LogP contribution is -2.20. The van der Waals surface area contributed by atoms with Crippen LogP contribution in [0, 0.1) is 6.92 Å². The zero-order chi connectivity index (χ0) is 19.2. The molecule has 3 aromatic rings. The van der Waals surface area contributed by atoms with E-state index in [4.69, 9.17) is 4.74 Å². The quantitative estimate of drug-likeness (QED) is 0.699. The number of amides is 2. The molecular formula is C19H19N5O3. The number of aromatic nitrogens is 3. The van der Waals surface area contributed by atoms with E-state index in [1.807, 2.05) is 25.1 Å². The molecule has 0 aliphatic rings. The minimum Gasteiger partial charge on any atom is -0.495 e. The largest absolute Gasteiger partial charge is 0.495 e. The van der Waals surface area contributed by atoms with Crippen molar-refractivity contribution in [2.75, 3.05) is 17.7 Å². The minimum atomic E-state index is -0.314. The van der Waals surface area contributed by atoms with Crippen molar-refractivity contribution < 1.29 is 14.3 Å². The number of methoxy groups -OCH3 is 1. The maximum atomic E-state index is 12.2. The van der Waals surface area contributed by atoms with Gasteiger partial charge in [-0.1, -0.05) is 29.8 Å². The molecule has 0 aliphatic carbocycles. The molecule has 0 fully saturated rings. The lowest BCUT2D eigenvalue weighted by Gasteiger charge is -2.09. The van der Waals surface area contributed by atoms with Crippen molar-refractivity contribution in [3.63, 3.8) is 0 Å². The van der Waals surface area contributed by atoms with Gasteiger partial charge in [0, 0.05) is 5.56 Å². The van der Waals surface area contributed by atoms with E-state index in [0.717, 1.165) is 5.56 Å². The van der Waals surface area contributed by atoms with E-state index < -0.39 is 0 Å². The second kappa shape index (κ2) is 8.13. The molecule has 138 valence electrons. The van der Waals surface area contributed by atoms with Gasteiger partial charge in [0.1, 0.15) is 18.6 Å². The van der Waals surface area contributed by atoms with Crippen molar-refractivity contribution >= 4 is 23.5 Å². The number of ether oxygens (including phenoxy) is 1. The summed E-state index contributed by atoms with van der Waals surface area (Å²) in [5, 5.41) is 9.46. The summed E-state index contributed by atoms with van der Waals surface area (Å²) < 4.78 is 6.54. The monoisotopic (exact) mass is 365 g/mol. The Morgan fingerprint density at radius 2 is 1.81 bits per heavy atom. The molecule has 27 heavy (non-hydrogen) atoms. The smallest absolute Gasteiger partial charge is 0.258 e. The number of anilines is 2. The Hall–Kier alpha value is -3.68. The Morgan fingerprint density at radius 1 is 1.07 bits per heavy atom. The number of hydrogen-bond donors (Lipinski definition) is 2. The van der Waals surface area contributed by atoms with E-state index in [2.05, 4.69) is 20.7 Å². The molecule has 0 unspecified atom stereocenters. The zero-order valence-electron chi connectivity index (χ0n) is 15.0. The SMILES string of the molecule is COc1ccccc1NC(=O)Cn1cnc(NC(=O)c2ccc(C)cc2)n1. The molecule has 0 saturated heterocycles. The Balaban J connectivity index is 1.59. The fourth-order valence-corrected chi connectivity index (χ4v) is 2.39. The topological polar surface area (TPSA) is 98.1 Å². The molecule has 0 radical (unpaired) electrons. The fourth-order valence-electron chi connectivity index (χ4n) is 2.39. The summed E-state index contributed by atoms with van der Waals surface area (Å²) in [4.78, 5) is 28.4. The third-order valence-electron chi connectivity index (χ3n) is 3.76. The Bertz CT molecular complexity index is 950. The highest BCUT2D eigenvalue weighted by Crippen LogP contribution is 2.22. The van der Waals surface area contributed by atoms with Crippen LogP contribution in [0.2, 0.25) is 0 Å². The molecule has 0 saturated carbocycles. The fraction of sp³-hybridized carbons (Fsp3) is 0.158. The number of carbonyl (C=O) groups excluding carboxylic acids is 2. The molecule has 2 N–H and O–H groups in total. The van der Waals surface area contributed by atoms with Crippen LogP contribution in [0.25, 0.3) is 0 Å². The molecular weight excluding hydrogens is 346 g/mol. The van der Waals surface area contributed by atoms with E-state index in [1.54, 1.807) is 30.3 Å². The van der Waals surface area contributed by atoms with Gasteiger partial charge in [-0.25, -0.2) is 9.67 Å². The number of carbonyl (C=O) groups is 2. The van der Waals surface area contributed by atoms with E-state index >= 15 is 0 Å². The third-order valence-corrected chi connectivity index (χ3v) is 3.76. The minimum absolute atomic E-state index is 0.0501. The van der Waals surface area contributed by atoms with Crippen LogP contribution >= 0.6 is 0 Å². The summed E-state index contributed by atoms with van der Waals surface area (Å²) in [5.74, 6) is 0.0909. The summed E-state index contributed by atoms with van der Waals surface area (Å²) in [6.45, 7) is 1.90. The predicted molar refractivity (Wildman–Crippen MR) is 101 cm³/mol. The van der Waals surface area contributed by atoms with Crippen LogP contribution in [0.3, 0.4) is 0 Å². The van der Waals surface area contributed by atoms with E-state index in [0.29, 0.717) is 17.0 Å². The van der Waals surface area contributed by atoms with Crippen molar-refractivity contribution in [3.05, 3.63) is 66.0 Å². The second-order valence-corrected chi connectivity index (χ2v) is 5.83. The molecule has 8 nitrogen and oxygen atoms in total. The number of aryl methyl sites for hydroxylation is 1. The van der Waals surface area contributed by atoms with Gasteiger partial charge < -0.3 is 10.1 Å². The Labute approximate surface area is 156 Å². The first kappa shape index (κ1) is 18.1. The summed E-state index contributed by atoms with van der Waals surface area (Å²) in [6, 6.07) is 14.3. The normalized spacial score (nSPS) is 10.3. The van der Waals surface area contributed by atoms with Crippen LogP contribution in [-0.2, 0) is 11.3 Å². The summed E-state index contributed by atoms with van der Waals surface area (Å²) in [6.07, 6.45) is 1.38. The molecule has 0 bridgehead atoms. The summed E-state index contributed by atoms with van der Waals surface area (Å²) in [7, 11) is 1.53. The highest BCUT2D eigenvalue weighted by atomic mass is 16.5. The molecule has 3 rings (SSSR count). The average Bonchev–Trinajstić information content (AvgIpc) is 3.09. The van der Waals surface area contributed by atoms with Gasteiger partial charge in [0.05, 0.1) is 12.8 Å². The molecule has 0 aliphatic heterocycles. The van der Waals surface area contributed by atoms with Gasteiger partial charge >= 0.3 is 0 Å². The van der Waals surface area contributed by atoms with Gasteiger partial charge in [0.25, 0.3) is 5.91 Å². The maximum absolute atomic E-state index is 12.2. The average molecular weight is 365 g/mol. The van der Waals surface area contributed by atoms with Gasteiger partial charge in [-0.05, 0) is 31.2 Å². The molecule has 2 amide bonds. The highest BCUT2D eigenvalue weighted by molar-refractivity contribution is 6.03. The maximum Gasteiger partial charge on any atom is 0.258 e. The molecule has 0 atom stereocenters. The van der Waals surface area contributed by atoms with Crippen LogP contribution < -0.4 is 15.4 Å². The number of hydrogen-bond acceptors (Lipinski definition) is 5. The molecule has 8 heteroatoms. The zero-order valence-corrected chi connectivity index (χ0v) is 15.0. The number of benzene rings is 2. The van der Waals surface area contributed by atoms with E-state index in [9.17, 15) is 9.59 Å². The second-order valence-electron chi connectivity index (χ2n) is 5.83. The van der Waals surface area contributed by atoms with Crippen LogP contribution in [-0.4, -0.2) is 33.7 Å². The Kier molecular flexibility index (Phi) is 5.46. The van der Waals surface area contributed by atoms with Crippen LogP contribution in [0.1, 0.15) is 15.9 Å². The van der Waals surface area contributed by atoms with Crippen LogP contribution in [0.4, 0.5) is 11.6 Å². The van der Waals surface area contributed by atoms with E-state index in [1.165, 1.54) is 18.1 Å². The molecule has 0 spiro atoms. The first-order valence-electron chi connectivity index (χ1n) is 8.25. The van der Waals surface area contributed by atoms with Gasteiger partial charge in [-0.15, -0.1) is 5.10 Å². The molecule has 1 heterocycles. The number of rotatable bonds is 6. The lowest BCUT2D eigenvalue weighted by molar-refractivity contribution is -0.116. The Morgan fingerprint density at radius 3 is 2.56 bits per heavy atom. The van der Waals surface area contributed by atoms with Crippen LogP contribution in [0.15, 0.2) is 54.9 Å². The van der Waals surface area contributed by atoms with E-state index in [-0.39, 0.29) is 24.3 Å². The standard InChI is InChI=1S/C19H19N5O3/c1-13-7-9-14(10-8-13)18(26)22-19-20-12-24(23-19)11-17(25)21-15-5-3-4-6-16(15)27-2/h3-10,12H,11H2,1-2H3,(H,21,25)(H,22,23,26). The van der Waals surface area contributed by atoms with Gasteiger partial charge in [0.15, 0.2) is 0 Å². The van der Waals surface area contributed by atoms with Crippen molar-refractivity contribution in [2.45, 2.75) is 13.5 Å². The number of nitrogens with one attached hydrogen (secondary N) is 2. The highest BCUT2D eigenvalue weighted by Gasteiger charge is 2.11.